The van der Waals surface area contributed by atoms with Gasteiger partial charge in [-0.05, 0) is 17.2 Å². The maximum Gasteiger partial charge on any atom is 0.255 e. The third kappa shape index (κ3) is 3.54. The van der Waals surface area contributed by atoms with Crippen molar-refractivity contribution >= 4 is 21.8 Å². The van der Waals surface area contributed by atoms with Crippen LogP contribution in [0.4, 0.5) is 0 Å². The van der Waals surface area contributed by atoms with Gasteiger partial charge in [0.05, 0.1) is 11.8 Å². The van der Waals surface area contributed by atoms with E-state index in [1.54, 1.807) is 0 Å². The number of halogens is 1. The largest absolute Gasteiger partial charge is 0.505 e. The molecule has 1 aromatic carbocycles. The molecule has 1 amide bonds. The summed E-state index contributed by atoms with van der Waals surface area (Å²) >= 11 is 3.39. The SMILES string of the molecule is O=C(NCc1cccc(CBr)c1)c1ccncc1O. The van der Waals surface area contributed by atoms with E-state index in [0.717, 1.165) is 16.5 Å². The van der Waals surface area contributed by atoms with Gasteiger partial charge in [0.1, 0.15) is 5.75 Å². The number of aromatic hydroxyl groups is 1. The topological polar surface area (TPSA) is 62.2 Å². The first kappa shape index (κ1) is 13.5. The number of hydrogen-bond donors (Lipinski definition) is 2. The first-order chi connectivity index (χ1) is 9.20. The van der Waals surface area contributed by atoms with E-state index < -0.39 is 0 Å². The number of rotatable bonds is 4. The summed E-state index contributed by atoms with van der Waals surface area (Å²) in [4.78, 5) is 15.6. The molecule has 0 atom stereocenters. The predicted octanol–water partition coefficient (Wildman–Crippen LogP) is 2.61. The van der Waals surface area contributed by atoms with Crippen LogP contribution in [0.2, 0.25) is 0 Å². The molecular weight excluding hydrogens is 308 g/mol. The molecule has 0 aliphatic heterocycles. The molecule has 0 unspecified atom stereocenters. The second-order valence-corrected chi connectivity index (χ2v) is 4.59. The Morgan fingerprint density at radius 1 is 1.32 bits per heavy atom. The van der Waals surface area contributed by atoms with Gasteiger partial charge in [0.2, 0.25) is 0 Å². The number of nitrogens with zero attached hydrogens (tertiary/aromatic N) is 1. The fourth-order valence-electron chi connectivity index (χ4n) is 1.68. The van der Waals surface area contributed by atoms with Crippen molar-refractivity contribution < 1.29 is 9.90 Å². The van der Waals surface area contributed by atoms with E-state index in [1.807, 2.05) is 24.3 Å². The summed E-state index contributed by atoms with van der Waals surface area (Å²) in [6, 6.07) is 9.40. The number of benzene rings is 1. The molecule has 0 aliphatic rings. The summed E-state index contributed by atoms with van der Waals surface area (Å²) in [5, 5.41) is 13.1. The Hall–Kier alpha value is -1.88. The minimum atomic E-state index is -0.316. The summed E-state index contributed by atoms with van der Waals surface area (Å²) < 4.78 is 0. The van der Waals surface area contributed by atoms with Gasteiger partial charge in [-0.2, -0.15) is 0 Å². The van der Waals surface area contributed by atoms with Crippen molar-refractivity contribution in [2.24, 2.45) is 0 Å². The van der Waals surface area contributed by atoms with Crippen molar-refractivity contribution in [1.29, 1.82) is 0 Å². The van der Waals surface area contributed by atoms with E-state index >= 15 is 0 Å². The molecule has 4 nitrogen and oxygen atoms in total. The zero-order chi connectivity index (χ0) is 13.7. The van der Waals surface area contributed by atoms with Crippen molar-refractivity contribution in [3.63, 3.8) is 0 Å². The van der Waals surface area contributed by atoms with Crippen LogP contribution < -0.4 is 5.32 Å². The third-order valence-corrected chi connectivity index (χ3v) is 3.29. The number of amides is 1. The van der Waals surface area contributed by atoms with Gasteiger partial charge >= 0.3 is 0 Å². The van der Waals surface area contributed by atoms with Gasteiger partial charge in [0.15, 0.2) is 0 Å². The maximum atomic E-state index is 11.9. The van der Waals surface area contributed by atoms with Crippen molar-refractivity contribution in [1.82, 2.24) is 10.3 Å². The molecule has 98 valence electrons. The fraction of sp³-hybridized carbons (Fsp3) is 0.143. The highest BCUT2D eigenvalue weighted by Crippen LogP contribution is 2.14. The van der Waals surface area contributed by atoms with Gasteiger partial charge in [0, 0.05) is 18.1 Å². The summed E-state index contributed by atoms with van der Waals surface area (Å²) in [5.41, 5.74) is 2.39. The van der Waals surface area contributed by atoms with Crippen LogP contribution in [-0.4, -0.2) is 16.0 Å². The quantitative estimate of drug-likeness (QED) is 0.851. The van der Waals surface area contributed by atoms with E-state index in [0.29, 0.717) is 6.54 Å². The molecule has 2 rings (SSSR count). The van der Waals surface area contributed by atoms with Crippen LogP contribution in [0, 0.1) is 0 Å². The Kier molecular flexibility index (Phi) is 4.52. The van der Waals surface area contributed by atoms with Gasteiger partial charge < -0.3 is 10.4 Å². The zero-order valence-electron chi connectivity index (χ0n) is 10.1. The molecular formula is C14H13BrN2O2. The van der Waals surface area contributed by atoms with E-state index in [9.17, 15) is 9.90 Å². The molecule has 19 heavy (non-hydrogen) atoms. The Morgan fingerprint density at radius 3 is 2.84 bits per heavy atom. The molecule has 1 aromatic heterocycles. The lowest BCUT2D eigenvalue weighted by atomic mass is 10.1. The van der Waals surface area contributed by atoms with E-state index in [1.165, 1.54) is 18.5 Å². The smallest absolute Gasteiger partial charge is 0.255 e. The van der Waals surface area contributed by atoms with E-state index in [4.69, 9.17) is 0 Å². The number of hydrogen-bond acceptors (Lipinski definition) is 3. The number of carbonyl (C=O) groups is 1. The second kappa shape index (κ2) is 6.33. The van der Waals surface area contributed by atoms with Crippen LogP contribution >= 0.6 is 15.9 Å². The standard InChI is InChI=1S/C14H13BrN2O2/c15-7-10-2-1-3-11(6-10)8-17-14(19)12-4-5-16-9-13(12)18/h1-6,9,18H,7-8H2,(H,17,19). The predicted molar refractivity (Wildman–Crippen MR) is 76.1 cm³/mol. The van der Waals surface area contributed by atoms with Crippen LogP contribution in [0.3, 0.4) is 0 Å². The van der Waals surface area contributed by atoms with Crippen molar-refractivity contribution in [3.05, 3.63) is 59.4 Å². The number of aromatic nitrogens is 1. The molecule has 0 radical (unpaired) electrons. The second-order valence-electron chi connectivity index (χ2n) is 4.03. The van der Waals surface area contributed by atoms with Crippen molar-refractivity contribution in [2.45, 2.75) is 11.9 Å². The maximum absolute atomic E-state index is 11.9. The van der Waals surface area contributed by atoms with Gasteiger partial charge in [-0.25, -0.2) is 0 Å². The molecule has 0 bridgehead atoms. The lowest BCUT2D eigenvalue weighted by Crippen LogP contribution is -2.22. The highest BCUT2D eigenvalue weighted by molar-refractivity contribution is 9.08. The number of carbonyl (C=O) groups excluding carboxylic acids is 1. The van der Waals surface area contributed by atoms with Gasteiger partial charge in [-0.3, -0.25) is 9.78 Å². The van der Waals surface area contributed by atoms with Gasteiger partial charge in [-0.1, -0.05) is 40.2 Å². The third-order valence-electron chi connectivity index (χ3n) is 2.64. The molecule has 0 saturated heterocycles. The molecule has 1 heterocycles. The number of alkyl halides is 1. The Labute approximate surface area is 119 Å². The number of nitrogens with one attached hydrogen (secondary N) is 1. The van der Waals surface area contributed by atoms with Gasteiger partial charge in [0.25, 0.3) is 5.91 Å². The lowest BCUT2D eigenvalue weighted by Gasteiger charge is -2.07. The molecule has 0 saturated carbocycles. The Bertz CT molecular complexity index is 587. The first-order valence-corrected chi connectivity index (χ1v) is 6.88. The van der Waals surface area contributed by atoms with E-state index in [-0.39, 0.29) is 17.2 Å². The summed E-state index contributed by atoms with van der Waals surface area (Å²) in [5.74, 6) is -0.432. The first-order valence-electron chi connectivity index (χ1n) is 5.75. The molecule has 2 aromatic rings. The molecule has 0 fully saturated rings. The van der Waals surface area contributed by atoms with Crippen molar-refractivity contribution in [2.75, 3.05) is 0 Å². The number of pyridine rings is 1. The molecule has 0 aliphatic carbocycles. The molecule has 5 heteroatoms. The van der Waals surface area contributed by atoms with Crippen LogP contribution in [0.1, 0.15) is 21.5 Å². The summed E-state index contributed by atoms with van der Waals surface area (Å²) in [6.45, 7) is 0.418. The Morgan fingerprint density at radius 2 is 2.11 bits per heavy atom. The summed E-state index contributed by atoms with van der Waals surface area (Å²) in [6.07, 6.45) is 2.72. The van der Waals surface area contributed by atoms with Crippen molar-refractivity contribution in [3.8, 4) is 5.75 Å². The average molecular weight is 321 g/mol. The van der Waals surface area contributed by atoms with Gasteiger partial charge in [-0.15, -0.1) is 0 Å². The van der Waals surface area contributed by atoms with Crippen LogP contribution in [0.15, 0.2) is 42.7 Å². The average Bonchev–Trinajstić information content (AvgIpc) is 2.45. The zero-order valence-corrected chi connectivity index (χ0v) is 11.7. The van der Waals surface area contributed by atoms with Crippen LogP contribution in [0.25, 0.3) is 0 Å². The Balaban J connectivity index is 2.02. The van der Waals surface area contributed by atoms with E-state index in [2.05, 4.69) is 26.2 Å². The summed E-state index contributed by atoms with van der Waals surface area (Å²) in [7, 11) is 0. The van der Waals surface area contributed by atoms with Crippen LogP contribution in [0.5, 0.6) is 5.75 Å². The highest BCUT2D eigenvalue weighted by Gasteiger charge is 2.09. The fourth-order valence-corrected chi connectivity index (χ4v) is 2.03. The molecule has 0 spiro atoms. The minimum Gasteiger partial charge on any atom is -0.505 e. The molecule has 2 N–H and O–H groups in total. The monoisotopic (exact) mass is 320 g/mol. The normalized spacial score (nSPS) is 10.2. The van der Waals surface area contributed by atoms with Crippen LogP contribution in [-0.2, 0) is 11.9 Å². The minimum absolute atomic E-state index is 0.116. The highest BCUT2D eigenvalue weighted by atomic mass is 79.9. The lowest BCUT2D eigenvalue weighted by molar-refractivity contribution is 0.0948.